The van der Waals surface area contributed by atoms with Crippen LogP contribution in [-0.2, 0) is 13.1 Å². The summed E-state index contributed by atoms with van der Waals surface area (Å²) >= 11 is 6.11. The number of nitrogens with zero attached hydrogens (tertiary/aromatic N) is 2. The number of hydrogen-bond donors (Lipinski definition) is 1. The first-order valence-corrected chi connectivity index (χ1v) is 6.77. The average molecular weight is 294 g/mol. The predicted molar refractivity (Wildman–Crippen MR) is 79.0 cm³/mol. The average Bonchev–Trinajstić information content (AvgIpc) is 2.85. The van der Waals surface area contributed by atoms with Gasteiger partial charge < -0.3 is 9.88 Å². The Labute approximate surface area is 122 Å². The van der Waals surface area contributed by atoms with E-state index < -0.39 is 4.92 Å². The van der Waals surface area contributed by atoms with E-state index in [0.29, 0.717) is 17.1 Å². The number of hydrogen-bond acceptors (Lipinski definition) is 3. The number of halogens is 1. The molecule has 20 heavy (non-hydrogen) atoms. The monoisotopic (exact) mass is 293 g/mol. The van der Waals surface area contributed by atoms with E-state index in [1.165, 1.54) is 6.07 Å². The maximum Gasteiger partial charge on any atom is 0.275 e. The molecule has 1 heterocycles. The third kappa shape index (κ3) is 3.18. The topological polar surface area (TPSA) is 60.1 Å². The minimum Gasteiger partial charge on any atom is -0.346 e. The summed E-state index contributed by atoms with van der Waals surface area (Å²) in [5.41, 5.74) is 1.66. The molecule has 1 aromatic heterocycles. The van der Waals surface area contributed by atoms with Crippen molar-refractivity contribution in [3.05, 3.63) is 62.9 Å². The highest BCUT2D eigenvalue weighted by Gasteiger charge is 2.17. The highest BCUT2D eigenvalue weighted by molar-refractivity contribution is 6.31. The predicted octanol–water partition coefficient (Wildman–Crippen LogP) is 3.21. The smallest absolute Gasteiger partial charge is 0.275 e. The number of nitro groups is 1. The van der Waals surface area contributed by atoms with Crippen LogP contribution < -0.4 is 5.32 Å². The van der Waals surface area contributed by atoms with Gasteiger partial charge in [0.25, 0.3) is 5.69 Å². The molecule has 0 fully saturated rings. The van der Waals surface area contributed by atoms with Crippen LogP contribution in [0.4, 0.5) is 5.69 Å². The Bertz CT molecular complexity index is 610. The quantitative estimate of drug-likeness (QED) is 0.657. The van der Waals surface area contributed by atoms with E-state index in [1.807, 2.05) is 29.8 Å². The summed E-state index contributed by atoms with van der Waals surface area (Å²) in [5, 5.41) is 14.7. The third-order valence-electron chi connectivity index (χ3n) is 3.10. The first-order valence-electron chi connectivity index (χ1n) is 6.40. The van der Waals surface area contributed by atoms with Gasteiger partial charge in [-0.1, -0.05) is 24.6 Å². The first kappa shape index (κ1) is 14.6. The molecule has 106 valence electrons. The van der Waals surface area contributed by atoms with Crippen molar-refractivity contribution in [1.82, 2.24) is 9.88 Å². The molecule has 0 aliphatic heterocycles. The van der Waals surface area contributed by atoms with Gasteiger partial charge >= 0.3 is 0 Å². The van der Waals surface area contributed by atoms with E-state index in [-0.39, 0.29) is 5.69 Å². The maximum atomic E-state index is 11.1. The van der Waals surface area contributed by atoms with Crippen molar-refractivity contribution < 1.29 is 4.92 Å². The van der Waals surface area contributed by atoms with Gasteiger partial charge in [0.1, 0.15) is 0 Å². The molecule has 0 aliphatic rings. The van der Waals surface area contributed by atoms with Crippen LogP contribution in [0.1, 0.15) is 18.2 Å². The molecule has 6 heteroatoms. The molecule has 0 amide bonds. The molecule has 1 aromatic carbocycles. The molecule has 2 aromatic rings. The molecule has 1 N–H and O–H groups in total. The van der Waals surface area contributed by atoms with Crippen molar-refractivity contribution in [2.24, 2.45) is 0 Å². The van der Waals surface area contributed by atoms with Gasteiger partial charge in [-0.05, 0) is 24.7 Å². The largest absolute Gasteiger partial charge is 0.346 e. The number of rotatable bonds is 6. The fourth-order valence-electron chi connectivity index (χ4n) is 2.06. The summed E-state index contributed by atoms with van der Waals surface area (Å²) < 4.78 is 1.97. The lowest BCUT2D eigenvalue weighted by atomic mass is 10.1. The van der Waals surface area contributed by atoms with Gasteiger partial charge in [-0.2, -0.15) is 0 Å². The highest BCUT2D eigenvalue weighted by Crippen LogP contribution is 2.27. The van der Waals surface area contributed by atoms with Gasteiger partial charge in [0, 0.05) is 24.5 Å². The van der Waals surface area contributed by atoms with Crippen LogP contribution in [0.5, 0.6) is 0 Å². The summed E-state index contributed by atoms with van der Waals surface area (Å²) in [6.07, 6.45) is 1.90. The van der Waals surface area contributed by atoms with Crippen LogP contribution in [0, 0.1) is 10.1 Å². The molecule has 0 atom stereocenters. The minimum absolute atomic E-state index is 0.0561. The van der Waals surface area contributed by atoms with Crippen LogP contribution in [0.25, 0.3) is 0 Å². The van der Waals surface area contributed by atoms with E-state index in [1.54, 1.807) is 12.1 Å². The van der Waals surface area contributed by atoms with Crippen LogP contribution in [0.15, 0.2) is 36.5 Å². The Hall–Kier alpha value is -1.85. The van der Waals surface area contributed by atoms with Crippen molar-refractivity contribution in [1.29, 1.82) is 0 Å². The summed E-state index contributed by atoms with van der Waals surface area (Å²) in [5.74, 6) is 0. The molecule has 0 saturated heterocycles. The summed E-state index contributed by atoms with van der Waals surface area (Å²) in [7, 11) is 0. The zero-order valence-corrected chi connectivity index (χ0v) is 11.9. The minimum atomic E-state index is -0.394. The second-order valence-electron chi connectivity index (χ2n) is 4.40. The number of nitro benzene ring substituents is 1. The molecule has 0 aliphatic carbocycles. The van der Waals surface area contributed by atoms with Crippen LogP contribution in [0.2, 0.25) is 5.02 Å². The fraction of sp³-hybridized carbons (Fsp3) is 0.286. The van der Waals surface area contributed by atoms with E-state index in [4.69, 9.17) is 11.6 Å². The Morgan fingerprint density at radius 1 is 1.35 bits per heavy atom. The van der Waals surface area contributed by atoms with Crippen LogP contribution in [0.3, 0.4) is 0 Å². The van der Waals surface area contributed by atoms with Crippen molar-refractivity contribution in [3.8, 4) is 0 Å². The maximum absolute atomic E-state index is 11.1. The molecule has 0 spiro atoms. The normalized spacial score (nSPS) is 10.7. The Morgan fingerprint density at radius 2 is 2.15 bits per heavy atom. The summed E-state index contributed by atoms with van der Waals surface area (Å²) in [6, 6.07) is 8.67. The standard InChI is InChI=1S/C14H16ClN3O2/c1-2-16-9-11-5-4-8-17(11)10-12-13(15)6-3-7-14(12)18(19)20/h3-8,16H,2,9-10H2,1H3. The van der Waals surface area contributed by atoms with Gasteiger partial charge in [0.15, 0.2) is 0 Å². The molecular formula is C14H16ClN3O2. The Morgan fingerprint density at radius 3 is 2.85 bits per heavy atom. The Kier molecular flexibility index (Phi) is 4.76. The SMILES string of the molecule is CCNCc1cccn1Cc1c(Cl)cccc1[N+](=O)[O-]. The second kappa shape index (κ2) is 6.54. The van der Waals surface area contributed by atoms with Crippen molar-refractivity contribution in [2.45, 2.75) is 20.0 Å². The second-order valence-corrected chi connectivity index (χ2v) is 4.81. The van der Waals surface area contributed by atoms with Gasteiger partial charge in [-0.25, -0.2) is 0 Å². The fourth-order valence-corrected chi connectivity index (χ4v) is 2.29. The van der Waals surface area contributed by atoms with Crippen molar-refractivity contribution >= 4 is 17.3 Å². The lowest BCUT2D eigenvalue weighted by molar-refractivity contribution is -0.385. The molecule has 0 saturated carbocycles. The van der Waals surface area contributed by atoms with Crippen LogP contribution >= 0.6 is 11.6 Å². The zero-order chi connectivity index (χ0) is 14.5. The summed E-state index contributed by atoms with van der Waals surface area (Å²) in [6.45, 7) is 4.02. The third-order valence-corrected chi connectivity index (χ3v) is 3.45. The van der Waals surface area contributed by atoms with Gasteiger partial charge in [0.05, 0.1) is 22.1 Å². The summed E-state index contributed by atoms with van der Waals surface area (Å²) in [4.78, 5) is 10.7. The first-order chi connectivity index (χ1) is 9.63. The lowest BCUT2D eigenvalue weighted by Gasteiger charge is -2.11. The lowest BCUT2D eigenvalue weighted by Crippen LogP contribution is -2.16. The number of nitrogens with one attached hydrogen (secondary N) is 1. The van der Waals surface area contributed by atoms with E-state index >= 15 is 0 Å². The van der Waals surface area contributed by atoms with Crippen molar-refractivity contribution in [3.63, 3.8) is 0 Å². The number of aromatic nitrogens is 1. The number of benzene rings is 1. The van der Waals surface area contributed by atoms with Crippen LogP contribution in [-0.4, -0.2) is 16.0 Å². The van der Waals surface area contributed by atoms with E-state index in [9.17, 15) is 10.1 Å². The molecule has 2 rings (SSSR count). The van der Waals surface area contributed by atoms with Gasteiger partial charge in [-0.15, -0.1) is 0 Å². The Balaban J connectivity index is 2.30. The van der Waals surface area contributed by atoms with E-state index in [0.717, 1.165) is 18.8 Å². The van der Waals surface area contributed by atoms with Crippen molar-refractivity contribution in [2.75, 3.05) is 6.54 Å². The molecule has 0 bridgehead atoms. The molecule has 5 nitrogen and oxygen atoms in total. The highest BCUT2D eigenvalue weighted by atomic mass is 35.5. The molecule has 0 radical (unpaired) electrons. The zero-order valence-electron chi connectivity index (χ0n) is 11.2. The van der Waals surface area contributed by atoms with Gasteiger partial charge in [-0.3, -0.25) is 10.1 Å². The molecular weight excluding hydrogens is 278 g/mol. The molecule has 0 unspecified atom stereocenters. The van der Waals surface area contributed by atoms with E-state index in [2.05, 4.69) is 5.32 Å². The van der Waals surface area contributed by atoms with Gasteiger partial charge in [0.2, 0.25) is 0 Å².